The number of halogens is 2. The Labute approximate surface area is 176 Å². The van der Waals surface area contributed by atoms with Crippen molar-refractivity contribution in [3.05, 3.63) is 80.9 Å². The third kappa shape index (κ3) is 4.02. The molecule has 0 bridgehead atoms. The van der Waals surface area contributed by atoms with E-state index in [1.807, 2.05) is 31.2 Å². The van der Waals surface area contributed by atoms with Gasteiger partial charge in [-0.15, -0.1) is 0 Å². The number of amidine groups is 1. The van der Waals surface area contributed by atoms with Crippen LogP contribution in [0.4, 0.5) is 10.5 Å². The van der Waals surface area contributed by atoms with E-state index in [1.54, 1.807) is 36.4 Å². The smallest absolute Gasteiger partial charge is 0.289 e. The number of hydrogen-bond donors (Lipinski definition) is 1. The molecule has 0 saturated carbocycles. The van der Waals surface area contributed by atoms with Crippen LogP contribution in [0.3, 0.4) is 0 Å². The largest absolute Gasteiger partial charge is 0.457 e. The number of carbonyl (C=O) groups is 1. The highest BCUT2D eigenvalue weighted by Gasteiger charge is 2.24. The quantitative estimate of drug-likeness (QED) is 0.484. The molecule has 140 valence electrons. The van der Waals surface area contributed by atoms with Gasteiger partial charge in [-0.05, 0) is 61.2 Å². The second kappa shape index (κ2) is 7.87. The van der Waals surface area contributed by atoms with Crippen molar-refractivity contribution in [2.75, 3.05) is 0 Å². The highest BCUT2D eigenvalue weighted by molar-refractivity contribution is 8.18. The number of carbonyl (C=O) groups excluding carboxylic acids is 1. The highest BCUT2D eigenvalue weighted by atomic mass is 35.5. The van der Waals surface area contributed by atoms with E-state index in [0.29, 0.717) is 37.9 Å². The first-order chi connectivity index (χ1) is 13.5. The molecule has 28 heavy (non-hydrogen) atoms. The molecule has 1 aliphatic heterocycles. The zero-order valence-electron chi connectivity index (χ0n) is 14.7. The van der Waals surface area contributed by atoms with Crippen molar-refractivity contribution in [3.8, 4) is 11.3 Å². The van der Waals surface area contributed by atoms with E-state index in [4.69, 9.17) is 27.6 Å². The molecule has 4 rings (SSSR count). The summed E-state index contributed by atoms with van der Waals surface area (Å²) < 4.78 is 5.89. The first kappa shape index (κ1) is 18.9. The van der Waals surface area contributed by atoms with Crippen LogP contribution in [0.15, 0.2) is 68.9 Å². The van der Waals surface area contributed by atoms with Gasteiger partial charge in [-0.25, -0.2) is 4.99 Å². The third-order valence-corrected chi connectivity index (χ3v) is 5.49. The standard InChI is InChI=1S/C21H14Cl2N2O2S/c1-12-5-7-13(8-6-12)24-20-18(28-21(26)25-20)11-14-9-10-17(27-14)19-15(22)3-2-4-16(19)23/h2-11H,1H3,(H,24,25,26). The van der Waals surface area contributed by atoms with Gasteiger partial charge in [-0.3, -0.25) is 4.79 Å². The number of aliphatic imine (C=N–C) groups is 1. The summed E-state index contributed by atoms with van der Waals surface area (Å²) in [6.07, 6.45) is 1.77. The van der Waals surface area contributed by atoms with E-state index in [-0.39, 0.29) is 5.24 Å². The average molecular weight is 429 g/mol. The van der Waals surface area contributed by atoms with Gasteiger partial charge in [-0.2, -0.15) is 0 Å². The van der Waals surface area contributed by atoms with Crippen molar-refractivity contribution < 1.29 is 9.21 Å². The Morgan fingerprint density at radius 3 is 2.46 bits per heavy atom. The molecule has 0 atom stereocenters. The van der Waals surface area contributed by atoms with E-state index in [0.717, 1.165) is 23.0 Å². The molecule has 1 saturated heterocycles. The van der Waals surface area contributed by atoms with Crippen LogP contribution in [-0.2, 0) is 0 Å². The van der Waals surface area contributed by atoms with Crippen LogP contribution in [0, 0.1) is 6.92 Å². The minimum atomic E-state index is -0.182. The number of nitrogens with one attached hydrogen (secondary N) is 1. The van der Waals surface area contributed by atoms with Gasteiger partial charge < -0.3 is 9.73 Å². The number of nitrogens with zero attached hydrogens (tertiary/aromatic N) is 1. The van der Waals surface area contributed by atoms with Crippen LogP contribution in [0.5, 0.6) is 0 Å². The summed E-state index contributed by atoms with van der Waals surface area (Å²) in [6, 6.07) is 16.6. The third-order valence-electron chi connectivity index (χ3n) is 4.04. The van der Waals surface area contributed by atoms with Gasteiger partial charge >= 0.3 is 0 Å². The predicted octanol–water partition coefficient (Wildman–Crippen LogP) is 7.09. The number of thioether (sulfide) groups is 1. The molecule has 3 aromatic rings. The lowest BCUT2D eigenvalue weighted by Gasteiger charge is -2.03. The van der Waals surface area contributed by atoms with Gasteiger partial charge in [0.05, 0.1) is 26.2 Å². The summed E-state index contributed by atoms with van der Waals surface area (Å²) in [5.41, 5.74) is 2.54. The number of benzene rings is 2. The lowest BCUT2D eigenvalue weighted by molar-refractivity contribution is 0.265. The minimum Gasteiger partial charge on any atom is -0.457 e. The Kier molecular flexibility index (Phi) is 5.31. The number of hydrogen-bond acceptors (Lipinski definition) is 4. The summed E-state index contributed by atoms with van der Waals surface area (Å²) in [6.45, 7) is 2.01. The van der Waals surface area contributed by atoms with Gasteiger partial charge in [0.1, 0.15) is 17.4 Å². The molecule has 0 unspecified atom stereocenters. The zero-order chi connectivity index (χ0) is 19.7. The number of aryl methyl sites for hydroxylation is 1. The first-order valence-corrected chi connectivity index (χ1v) is 9.97. The van der Waals surface area contributed by atoms with Gasteiger partial charge in [0, 0.05) is 0 Å². The Bertz CT molecular complexity index is 1100. The van der Waals surface area contributed by atoms with E-state index in [2.05, 4.69) is 10.3 Å². The Balaban J connectivity index is 1.67. The fourth-order valence-electron chi connectivity index (χ4n) is 2.69. The van der Waals surface area contributed by atoms with Crippen LogP contribution in [-0.4, -0.2) is 11.1 Å². The Hall–Kier alpha value is -2.47. The zero-order valence-corrected chi connectivity index (χ0v) is 17.0. The Morgan fingerprint density at radius 1 is 1.04 bits per heavy atom. The molecule has 1 aromatic heterocycles. The fourth-order valence-corrected chi connectivity index (χ4v) is 3.99. The topological polar surface area (TPSA) is 54.6 Å². The van der Waals surface area contributed by atoms with E-state index < -0.39 is 0 Å². The normalized spacial score (nSPS) is 16.8. The van der Waals surface area contributed by atoms with Crippen molar-refractivity contribution in [1.82, 2.24) is 5.32 Å². The molecule has 4 nitrogen and oxygen atoms in total. The van der Waals surface area contributed by atoms with E-state index in [9.17, 15) is 4.79 Å². The maximum atomic E-state index is 11.9. The first-order valence-electron chi connectivity index (χ1n) is 8.40. The summed E-state index contributed by atoms with van der Waals surface area (Å²) >= 11 is 13.6. The molecule has 7 heteroatoms. The summed E-state index contributed by atoms with van der Waals surface area (Å²) in [5.74, 6) is 1.62. The molecular weight excluding hydrogens is 415 g/mol. The lowest BCUT2D eigenvalue weighted by Crippen LogP contribution is -2.18. The van der Waals surface area contributed by atoms with Crippen LogP contribution in [0.1, 0.15) is 11.3 Å². The molecular formula is C21H14Cl2N2O2S. The lowest BCUT2D eigenvalue weighted by atomic mass is 10.2. The van der Waals surface area contributed by atoms with E-state index >= 15 is 0 Å². The van der Waals surface area contributed by atoms with Crippen molar-refractivity contribution in [2.24, 2.45) is 4.99 Å². The van der Waals surface area contributed by atoms with Crippen molar-refractivity contribution in [1.29, 1.82) is 0 Å². The molecule has 2 heterocycles. The SMILES string of the molecule is Cc1ccc(N=C2NC(=O)SC2=Cc2ccc(-c3c(Cl)cccc3Cl)o2)cc1. The van der Waals surface area contributed by atoms with Crippen molar-refractivity contribution in [3.63, 3.8) is 0 Å². The van der Waals surface area contributed by atoms with Crippen LogP contribution < -0.4 is 5.32 Å². The van der Waals surface area contributed by atoms with Gasteiger partial charge in [0.25, 0.3) is 5.24 Å². The molecule has 0 spiro atoms. The summed E-state index contributed by atoms with van der Waals surface area (Å²) in [5, 5.41) is 3.60. The van der Waals surface area contributed by atoms with Gasteiger partial charge in [0.2, 0.25) is 0 Å². The molecule has 0 aliphatic carbocycles. The number of furan rings is 1. The molecule has 1 fully saturated rings. The highest BCUT2D eigenvalue weighted by Crippen LogP contribution is 2.36. The molecule has 1 amide bonds. The van der Waals surface area contributed by atoms with Gasteiger partial charge in [-0.1, -0.05) is 47.0 Å². The molecule has 0 radical (unpaired) electrons. The number of rotatable bonds is 3. The molecule has 2 aromatic carbocycles. The van der Waals surface area contributed by atoms with E-state index in [1.165, 1.54) is 0 Å². The monoisotopic (exact) mass is 428 g/mol. The second-order valence-corrected chi connectivity index (χ2v) is 7.95. The van der Waals surface area contributed by atoms with Gasteiger partial charge in [0.15, 0.2) is 0 Å². The van der Waals surface area contributed by atoms with Crippen molar-refractivity contribution >= 4 is 57.8 Å². The summed E-state index contributed by atoms with van der Waals surface area (Å²) in [7, 11) is 0. The maximum Gasteiger partial charge on any atom is 0.289 e. The van der Waals surface area contributed by atoms with Crippen LogP contribution in [0.25, 0.3) is 17.4 Å². The molecule has 1 N–H and O–H groups in total. The predicted molar refractivity (Wildman–Crippen MR) is 117 cm³/mol. The molecule has 1 aliphatic rings. The van der Waals surface area contributed by atoms with Crippen LogP contribution >= 0.6 is 35.0 Å². The Morgan fingerprint density at radius 2 is 1.75 bits per heavy atom. The van der Waals surface area contributed by atoms with Crippen molar-refractivity contribution in [2.45, 2.75) is 6.92 Å². The minimum absolute atomic E-state index is 0.182. The summed E-state index contributed by atoms with van der Waals surface area (Å²) in [4.78, 5) is 17.1. The number of amides is 1. The maximum absolute atomic E-state index is 11.9. The second-order valence-electron chi connectivity index (χ2n) is 6.12. The van der Waals surface area contributed by atoms with Crippen LogP contribution in [0.2, 0.25) is 10.0 Å². The fraction of sp³-hybridized carbons (Fsp3) is 0.0476. The average Bonchev–Trinajstić information content (AvgIpc) is 3.24.